The maximum absolute atomic E-state index is 12.7. The normalized spacial score (nSPS) is 10.6. The van der Waals surface area contributed by atoms with Crippen LogP contribution in [0.15, 0.2) is 53.0 Å². The topological polar surface area (TPSA) is 46.6 Å². The summed E-state index contributed by atoms with van der Waals surface area (Å²) < 4.78 is 6.57. The summed E-state index contributed by atoms with van der Waals surface area (Å²) in [7, 11) is 1.84. The zero-order valence-corrected chi connectivity index (χ0v) is 14.5. The van der Waals surface area contributed by atoms with E-state index in [9.17, 15) is 9.59 Å². The van der Waals surface area contributed by atoms with Gasteiger partial charge in [-0.25, -0.2) is 0 Å². The molecule has 120 valence electrons. The molecule has 4 nitrogen and oxygen atoms in total. The van der Waals surface area contributed by atoms with Crippen molar-refractivity contribution in [2.45, 2.75) is 0 Å². The minimum absolute atomic E-state index is 0.0804. The van der Waals surface area contributed by atoms with E-state index >= 15 is 0 Å². The summed E-state index contributed by atoms with van der Waals surface area (Å²) in [5.41, 5.74) is 1.14. The van der Waals surface area contributed by atoms with Gasteiger partial charge in [-0.05, 0) is 25.2 Å². The molecule has 0 aliphatic rings. The van der Waals surface area contributed by atoms with E-state index in [0.717, 1.165) is 10.8 Å². The highest BCUT2D eigenvalue weighted by molar-refractivity contribution is 9.10. The zero-order chi connectivity index (χ0) is 16.7. The highest BCUT2D eigenvalue weighted by atomic mass is 79.9. The molecule has 0 N–H and O–H groups in total. The third kappa shape index (κ3) is 5.01. The molecule has 0 heterocycles. The molecular weight excluding hydrogens is 358 g/mol. The van der Waals surface area contributed by atoms with Crippen LogP contribution in [0, 0.1) is 0 Å². The molecule has 0 saturated carbocycles. The molecule has 0 bridgehead atoms. The van der Waals surface area contributed by atoms with Gasteiger partial charge in [0.1, 0.15) is 18.6 Å². The highest BCUT2D eigenvalue weighted by Gasteiger charge is 2.15. The van der Waals surface area contributed by atoms with E-state index < -0.39 is 0 Å². The van der Waals surface area contributed by atoms with Gasteiger partial charge in [0.2, 0.25) is 0 Å². The second kappa shape index (κ2) is 8.60. The van der Waals surface area contributed by atoms with Gasteiger partial charge in [0.05, 0.1) is 12.1 Å². The Kier molecular flexibility index (Phi) is 6.50. The lowest BCUT2D eigenvalue weighted by atomic mass is 10.0. The summed E-state index contributed by atoms with van der Waals surface area (Å²) in [6.07, 6.45) is 0.851. The smallest absolute Gasteiger partial charge is 0.196 e. The van der Waals surface area contributed by atoms with Crippen LogP contribution in [0.2, 0.25) is 0 Å². The number of ketones is 1. The quantitative estimate of drug-likeness (QED) is 0.525. The lowest BCUT2D eigenvalue weighted by Gasteiger charge is -2.15. The number of aldehydes is 1. The van der Waals surface area contributed by atoms with Crippen molar-refractivity contribution in [2.24, 2.45) is 0 Å². The average Bonchev–Trinajstić information content (AvgIpc) is 2.56. The number of likely N-dealkylation sites (N-methyl/N-ethyl adjacent to an activating group) is 1. The number of benzene rings is 2. The standard InChI is InChI=1S/C18H18BrNO3/c1-20(9-11-21)10-12-23-17-8-7-15(19)13-16(17)18(22)14-5-3-2-4-6-14/h2-8,11,13H,9-10,12H2,1H3. The minimum Gasteiger partial charge on any atom is -0.491 e. The Labute approximate surface area is 144 Å². The fraction of sp³-hybridized carbons (Fsp3) is 0.222. The van der Waals surface area contributed by atoms with Crippen molar-refractivity contribution in [1.82, 2.24) is 4.90 Å². The van der Waals surface area contributed by atoms with Crippen LogP contribution in [0.1, 0.15) is 15.9 Å². The van der Waals surface area contributed by atoms with Crippen LogP contribution >= 0.6 is 15.9 Å². The number of carbonyl (C=O) groups is 2. The molecule has 0 saturated heterocycles. The van der Waals surface area contributed by atoms with E-state index in [-0.39, 0.29) is 5.78 Å². The Morgan fingerprint density at radius 2 is 1.96 bits per heavy atom. The Balaban J connectivity index is 2.14. The molecule has 5 heteroatoms. The number of hydrogen-bond donors (Lipinski definition) is 0. The molecule has 0 aliphatic heterocycles. The van der Waals surface area contributed by atoms with Crippen molar-refractivity contribution < 1.29 is 14.3 Å². The first-order valence-corrected chi connectivity index (χ1v) is 8.05. The first kappa shape index (κ1) is 17.4. The molecule has 0 unspecified atom stereocenters. The van der Waals surface area contributed by atoms with E-state index in [2.05, 4.69) is 15.9 Å². The maximum atomic E-state index is 12.7. The van der Waals surface area contributed by atoms with Crippen LogP contribution < -0.4 is 4.74 Å². The van der Waals surface area contributed by atoms with E-state index in [1.54, 1.807) is 24.3 Å². The Morgan fingerprint density at radius 1 is 1.22 bits per heavy atom. The number of rotatable bonds is 8. The summed E-state index contributed by atoms with van der Waals surface area (Å²) in [6.45, 7) is 1.37. The van der Waals surface area contributed by atoms with Crippen LogP contribution in [0.4, 0.5) is 0 Å². The van der Waals surface area contributed by atoms with Crippen LogP contribution in [-0.2, 0) is 4.79 Å². The van der Waals surface area contributed by atoms with Gasteiger partial charge in [0.15, 0.2) is 5.78 Å². The molecule has 0 radical (unpaired) electrons. The minimum atomic E-state index is -0.0804. The van der Waals surface area contributed by atoms with Gasteiger partial charge in [0.25, 0.3) is 0 Å². The number of ether oxygens (including phenoxy) is 1. The Morgan fingerprint density at radius 3 is 2.65 bits per heavy atom. The van der Waals surface area contributed by atoms with Crippen LogP contribution in [-0.4, -0.2) is 43.7 Å². The predicted octanol–water partition coefficient (Wildman–Crippen LogP) is 3.19. The van der Waals surface area contributed by atoms with Crippen molar-refractivity contribution in [3.63, 3.8) is 0 Å². The molecule has 0 aromatic heterocycles. The fourth-order valence-corrected chi connectivity index (χ4v) is 2.44. The lowest BCUT2D eigenvalue weighted by Crippen LogP contribution is -2.26. The summed E-state index contributed by atoms with van der Waals surface area (Å²) in [4.78, 5) is 25.0. The van der Waals surface area contributed by atoms with Crippen molar-refractivity contribution in [1.29, 1.82) is 0 Å². The van der Waals surface area contributed by atoms with E-state index in [1.807, 2.05) is 36.2 Å². The molecule has 0 aliphatic carbocycles. The van der Waals surface area contributed by atoms with Crippen molar-refractivity contribution in [2.75, 3.05) is 26.7 Å². The van der Waals surface area contributed by atoms with E-state index in [0.29, 0.717) is 36.6 Å². The predicted molar refractivity (Wildman–Crippen MR) is 93.1 cm³/mol. The van der Waals surface area contributed by atoms with Crippen molar-refractivity contribution in [3.05, 3.63) is 64.1 Å². The number of nitrogens with zero attached hydrogens (tertiary/aromatic N) is 1. The molecule has 0 spiro atoms. The third-order valence-electron chi connectivity index (χ3n) is 3.34. The van der Waals surface area contributed by atoms with Gasteiger partial charge in [-0.2, -0.15) is 0 Å². The van der Waals surface area contributed by atoms with Gasteiger partial charge in [0, 0.05) is 16.6 Å². The van der Waals surface area contributed by atoms with Crippen molar-refractivity contribution in [3.8, 4) is 5.75 Å². The second-order valence-corrected chi connectivity index (χ2v) is 6.03. The fourth-order valence-electron chi connectivity index (χ4n) is 2.08. The van der Waals surface area contributed by atoms with Gasteiger partial charge in [-0.3, -0.25) is 9.69 Å². The first-order valence-electron chi connectivity index (χ1n) is 7.26. The number of halogens is 1. The van der Waals surface area contributed by atoms with Crippen LogP contribution in [0.3, 0.4) is 0 Å². The highest BCUT2D eigenvalue weighted by Crippen LogP contribution is 2.25. The summed E-state index contributed by atoms with van der Waals surface area (Å²) in [5.74, 6) is 0.463. The lowest BCUT2D eigenvalue weighted by molar-refractivity contribution is -0.108. The van der Waals surface area contributed by atoms with Gasteiger partial charge < -0.3 is 9.53 Å². The number of carbonyl (C=O) groups excluding carboxylic acids is 2. The SMILES string of the molecule is CN(CC=O)CCOc1ccc(Br)cc1C(=O)c1ccccc1. The molecule has 0 atom stereocenters. The van der Waals surface area contributed by atoms with Crippen LogP contribution in [0.5, 0.6) is 5.75 Å². The number of hydrogen-bond acceptors (Lipinski definition) is 4. The van der Waals surface area contributed by atoms with E-state index in [4.69, 9.17) is 4.74 Å². The largest absolute Gasteiger partial charge is 0.491 e. The monoisotopic (exact) mass is 375 g/mol. The van der Waals surface area contributed by atoms with Crippen LogP contribution in [0.25, 0.3) is 0 Å². The zero-order valence-electron chi connectivity index (χ0n) is 12.9. The maximum Gasteiger partial charge on any atom is 0.196 e. The molecule has 2 aromatic rings. The second-order valence-electron chi connectivity index (χ2n) is 5.11. The van der Waals surface area contributed by atoms with Gasteiger partial charge in [-0.1, -0.05) is 46.3 Å². The van der Waals surface area contributed by atoms with Gasteiger partial charge in [-0.15, -0.1) is 0 Å². The molecular formula is C18H18BrNO3. The molecule has 0 amide bonds. The molecule has 2 aromatic carbocycles. The first-order chi connectivity index (χ1) is 11.1. The molecule has 0 fully saturated rings. The summed E-state index contributed by atoms with van der Waals surface area (Å²) >= 11 is 3.39. The van der Waals surface area contributed by atoms with Crippen molar-refractivity contribution >= 4 is 28.0 Å². The third-order valence-corrected chi connectivity index (χ3v) is 3.83. The molecule has 23 heavy (non-hydrogen) atoms. The summed E-state index contributed by atoms with van der Waals surface area (Å²) in [6, 6.07) is 14.5. The molecule has 2 rings (SSSR count). The summed E-state index contributed by atoms with van der Waals surface area (Å²) in [5, 5.41) is 0. The Hall–Kier alpha value is -1.98. The Bertz CT molecular complexity index is 673. The van der Waals surface area contributed by atoms with E-state index in [1.165, 1.54) is 0 Å². The average molecular weight is 376 g/mol. The van der Waals surface area contributed by atoms with Gasteiger partial charge >= 0.3 is 0 Å².